The number of carbonyl (C=O) groups excluding carboxylic acids is 4. The van der Waals surface area contributed by atoms with Crippen molar-refractivity contribution < 1.29 is 23.6 Å². The summed E-state index contributed by atoms with van der Waals surface area (Å²) < 4.78 is 14.9. The lowest BCUT2D eigenvalue weighted by Crippen LogP contribution is -2.52. The molecule has 4 amide bonds. The number of hydrogen-bond acceptors (Lipinski definition) is 7. The highest BCUT2D eigenvalue weighted by atomic mass is 19.1. The molecule has 2 fully saturated rings. The number of piperazine rings is 1. The molecule has 4 heterocycles. The summed E-state index contributed by atoms with van der Waals surface area (Å²) in [5.74, 6) is -1.92. The number of H-pyrrole nitrogens is 1. The first-order valence-corrected chi connectivity index (χ1v) is 15.3. The largest absolute Gasteiger partial charge is 0.336 e. The number of halogens is 1. The topological polar surface area (TPSA) is 136 Å². The van der Waals surface area contributed by atoms with E-state index in [0.717, 1.165) is 11.1 Å². The van der Waals surface area contributed by atoms with Crippen LogP contribution < -0.4 is 10.9 Å². The second kappa shape index (κ2) is 11.9. The maximum atomic E-state index is 14.9. The standard InChI is InChI=1S/C34H31FN6O5/c35-27-8-6-20(17-28-24-3-1-2-4-25(24)31(43)38-37-28)16-26(27)33(45)40-13-11-39(12-14-40)18-21-5-7-23-22(15-21)19-41(34(23)46)29-9-10-30(42)36-32(29)44/h1-8,15-16,29H,9-14,17-19H2,(H,38,43)(H,36,42,44). The number of benzene rings is 3. The van der Waals surface area contributed by atoms with Crippen molar-refractivity contribution in [2.45, 2.75) is 38.4 Å². The Morgan fingerprint density at radius 3 is 2.46 bits per heavy atom. The monoisotopic (exact) mass is 622 g/mol. The molecule has 7 rings (SSSR count). The number of nitrogens with one attached hydrogen (secondary N) is 2. The average molecular weight is 623 g/mol. The summed E-state index contributed by atoms with van der Waals surface area (Å²) >= 11 is 0. The van der Waals surface area contributed by atoms with Crippen molar-refractivity contribution in [3.63, 3.8) is 0 Å². The lowest BCUT2D eigenvalue weighted by molar-refractivity contribution is -0.136. The van der Waals surface area contributed by atoms with Crippen LogP contribution in [0.15, 0.2) is 65.5 Å². The van der Waals surface area contributed by atoms with Gasteiger partial charge in [0.2, 0.25) is 11.8 Å². The normalized spacial score (nSPS) is 18.6. The Hall–Kier alpha value is -5.23. The van der Waals surface area contributed by atoms with Crippen molar-refractivity contribution in [3.05, 3.63) is 110 Å². The Bertz CT molecular complexity index is 1970. The number of fused-ring (bicyclic) bond motifs is 2. The first-order valence-electron chi connectivity index (χ1n) is 15.3. The summed E-state index contributed by atoms with van der Waals surface area (Å²) in [6.45, 7) is 2.99. The maximum Gasteiger partial charge on any atom is 0.272 e. The third-order valence-electron chi connectivity index (χ3n) is 9.06. The minimum absolute atomic E-state index is 0.00328. The van der Waals surface area contributed by atoms with E-state index in [2.05, 4.69) is 20.4 Å². The van der Waals surface area contributed by atoms with E-state index in [4.69, 9.17) is 0 Å². The maximum absolute atomic E-state index is 14.9. The zero-order valence-corrected chi connectivity index (χ0v) is 24.9. The van der Waals surface area contributed by atoms with Gasteiger partial charge in [0.15, 0.2) is 0 Å². The number of piperidine rings is 1. The van der Waals surface area contributed by atoms with E-state index < -0.39 is 17.8 Å². The van der Waals surface area contributed by atoms with E-state index in [9.17, 15) is 28.4 Å². The Morgan fingerprint density at radius 1 is 0.913 bits per heavy atom. The third kappa shape index (κ3) is 5.56. The molecule has 0 radical (unpaired) electrons. The van der Waals surface area contributed by atoms with E-state index in [1.165, 1.54) is 11.0 Å². The van der Waals surface area contributed by atoms with Gasteiger partial charge in [-0.3, -0.25) is 34.2 Å². The molecular formula is C34H31FN6O5. The fourth-order valence-electron chi connectivity index (χ4n) is 6.61. The minimum atomic E-state index is -0.655. The summed E-state index contributed by atoms with van der Waals surface area (Å²) in [5.41, 5.74) is 3.49. The van der Waals surface area contributed by atoms with Crippen LogP contribution in [0.1, 0.15) is 55.9 Å². The van der Waals surface area contributed by atoms with Crippen LogP contribution in [0.2, 0.25) is 0 Å². The minimum Gasteiger partial charge on any atom is -0.336 e. The van der Waals surface area contributed by atoms with Crippen LogP contribution in [0.3, 0.4) is 0 Å². The van der Waals surface area contributed by atoms with Gasteiger partial charge in [0.1, 0.15) is 11.9 Å². The fraction of sp³-hybridized carbons (Fsp3) is 0.294. The SMILES string of the molecule is O=C1CCC(N2Cc3cc(CN4CCN(C(=O)c5cc(Cc6n[nH]c(=O)c7ccccc67)ccc5F)CC4)ccc3C2=O)C(=O)N1. The van der Waals surface area contributed by atoms with Crippen molar-refractivity contribution >= 4 is 34.4 Å². The molecule has 12 heteroatoms. The summed E-state index contributed by atoms with van der Waals surface area (Å²) in [4.78, 5) is 67.9. The van der Waals surface area contributed by atoms with Gasteiger partial charge >= 0.3 is 0 Å². The van der Waals surface area contributed by atoms with Crippen LogP contribution >= 0.6 is 0 Å². The molecule has 3 aromatic carbocycles. The summed E-state index contributed by atoms with van der Waals surface area (Å²) in [5, 5.41) is 10.3. The highest BCUT2D eigenvalue weighted by Crippen LogP contribution is 2.29. The summed E-state index contributed by atoms with van der Waals surface area (Å²) in [7, 11) is 0. The second-order valence-electron chi connectivity index (χ2n) is 12.0. The zero-order chi connectivity index (χ0) is 31.9. The van der Waals surface area contributed by atoms with Crippen LogP contribution in [0, 0.1) is 5.82 Å². The quantitative estimate of drug-likeness (QED) is 0.315. The Morgan fingerprint density at radius 2 is 1.67 bits per heavy atom. The van der Waals surface area contributed by atoms with Gasteiger partial charge in [-0.1, -0.05) is 36.4 Å². The number of rotatable bonds is 6. The number of aromatic amines is 1. The number of hydrogen-bond donors (Lipinski definition) is 2. The molecule has 0 spiro atoms. The van der Waals surface area contributed by atoms with E-state index in [1.807, 2.05) is 24.3 Å². The van der Waals surface area contributed by atoms with Gasteiger partial charge in [0.25, 0.3) is 17.4 Å². The Balaban J connectivity index is 0.982. The van der Waals surface area contributed by atoms with Gasteiger partial charge in [0, 0.05) is 63.1 Å². The molecule has 11 nitrogen and oxygen atoms in total. The zero-order valence-electron chi connectivity index (χ0n) is 24.9. The molecular weight excluding hydrogens is 591 g/mol. The van der Waals surface area contributed by atoms with Gasteiger partial charge in [-0.15, -0.1) is 0 Å². The van der Waals surface area contributed by atoms with Gasteiger partial charge in [-0.2, -0.15) is 5.10 Å². The molecule has 3 aliphatic rings. The lowest BCUT2D eigenvalue weighted by Gasteiger charge is -2.35. The predicted molar refractivity (Wildman–Crippen MR) is 165 cm³/mol. The molecule has 2 N–H and O–H groups in total. The predicted octanol–water partition coefficient (Wildman–Crippen LogP) is 2.37. The van der Waals surface area contributed by atoms with Crippen LogP contribution in [0.5, 0.6) is 0 Å². The van der Waals surface area contributed by atoms with E-state index in [-0.39, 0.29) is 35.3 Å². The summed E-state index contributed by atoms with van der Waals surface area (Å²) in [6.07, 6.45) is 0.848. The van der Waals surface area contributed by atoms with Crippen LogP contribution in [0.4, 0.5) is 4.39 Å². The van der Waals surface area contributed by atoms with Crippen molar-refractivity contribution in [1.29, 1.82) is 0 Å². The van der Waals surface area contributed by atoms with Gasteiger partial charge < -0.3 is 9.80 Å². The molecule has 2 saturated heterocycles. The van der Waals surface area contributed by atoms with E-state index in [0.29, 0.717) is 79.7 Å². The first kappa shape index (κ1) is 29.5. The lowest BCUT2D eigenvalue weighted by atomic mass is 10.0. The van der Waals surface area contributed by atoms with Crippen LogP contribution in [-0.4, -0.2) is 80.7 Å². The number of nitrogens with zero attached hydrogens (tertiary/aromatic N) is 4. The number of carbonyl (C=O) groups is 4. The molecule has 0 aliphatic carbocycles. The molecule has 1 atom stereocenters. The van der Waals surface area contributed by atoms with Gasteiger partial charge in [0.05, 0.1) is 16.6 Å². The third-order valence-corrected chi connectivity index (χ3v) is 9.06. The molecule has 234 valence electrons. The molecule has 3 aliphatic heterocycles. The number of aromatic nitrogens is 2. The molecule has 0 bridgehead atoms. The fourth-order valence-corrected chi connectivity index (χ4v) is 6.61. The van der Waals surface area contributed by atoms with Gasteiger partial charge in [-0.05, 0) is 47.4 Å². The van der Waals surface area contributed by atoms with Crippen molar-refractivity contribution in [2.24, 2.45) is 0 Å². The number of amides is 4. The van der Waals surface area contributed by atoms with Crippen molar-refractivity contribution in [1.82, 2.24) is 30.2 Å². The van der Waals surface area contributed by atoms with Crippen LogP contribution in [0.25, 0.3) is 10.8 Å². The molecule has 1 aromatic heterocycles. The van der Waals surface area contributed by atoms with Crippen LogP contribution in [-0.2, 0) is 29.1 Å². The Labute approximate surface area is 263 Å². The average Bonchev–Trinajstić information content (AvgIpc) is 3.38. The first-order chi connectivity index (χ1) is 22.2. The number of imide groups is 1. The molecule has 46 heavy (non-hydrogen) atoms. The smallest absolute Gasteiger partial charge is 0.272 e. The van der Waals surface area contributed by atoms with Crippen molar-refractivity contribution in [2.75, 3.05) is 26.2 Å². The summed E-state index contributed by atoms with van der Waals surface area (Å²) in [6, 6.07) is 16.7. The molecule has 0 saturated carbocycles. The second-order valence-corrected chi connectivity index (χ2v) is 12.0. The Kier molecular flexibility index (Phi) is 7.65. The van der Waals surface area contributed by atoms with Gasteiger partial charge in [-0.25, -0.2) is 9.49 Å². The molecule has 4 aromatic rings. The molecule has 1 unspecified atom stereocenters. The highest BCUT2D eigenvalue weighted by Gasteiger charge is 2.39. The van der Waals surface area contributed by atoms with E-state index in [1.54, 1.807) is 35.2 Å². The van der Waals surface area contributed by atoms with E-state index >= 15 is 0 Å². The van der Waals surface area contributed by atoms with Crippen molar-refractivity contribution in [3.8, 4) is 0 Å². The highest BCUT2D eigenvalue weighted by molar-refractivity contribution is 6.05.